The van der Waals surface area contributed by atoms with Crippen molar-refractivity contribution in [3.05, 3.63) is 42.6 Å². The third kappa shape index (κ3) is 4.73. The normalized spacial score (nSPS) is 19.4. The molecule has 2 aromatic heterocycles. The van der Waals surface area contributed by atoms with Crippen LogP contribution in [0.1, 0.15) is 46.3 Å². The molecule has 0 radical (unpaired) electrons. The summed E-state index contributed by atoms with van der Waals surface area (Å²) in [5.41, 5.74) is 3.39. The SMILES string of the molecule is CC(C)(C)OC(=O)N1CCN(c2ccnc(-c3nn(C4CCCCO4)c4ccccc34)c2)CC1. The Bertz CT molecular complexity index is 1150. The third-order valence-corrected chi connectivity index (χ3v) is 6.32. The van der Waals surface area contributed by atoms with Crippen molar-refractivity contribution in [3.8, 4) is 11.4 Å². The number of carbonyl (C=O) groups excluding carboxylic acids is 1. The minimum absolute atomic E-state index is 0.0310. The molecule has 5 rings (SSSR count). The molecule has 1 unspecified atom stereocenters. The molecule has 0 saturated carbocycles. The largest absolute Gasteiger partial charge is 0.444 e. The van der Waals surface area contributed by atoms with Crippen molar-refractivity contribution in [3.63, 3.8) is 0 Å². The van der Waals surface area contributed by atoms with Crippen molar-refractivity contribution in [2.45, 2.75) is 51.9 Å². The monoisotopic (exact) mass is 463 g/mol. The quantitative estimate of drug-likeness (QED) is 0.553. The van der Waals surface area contributed by atoms with Crippen molar-refractivity contribution in [2.24, 2.45) is 0 Å². The number of amides is 1. The molecule has 8 nitrogen and oxygen atoms in total. The second-order valence-electron chi connectivity index (χ2n) is 9.99. The van der Waals surface area contributed by atoms with Gasteiger partial charge in [-0.15, -0.1) is 0 Å². The van der Waals surface area contributed by atoms with E-state index in [1.807, 2.05) is 49.8 Å². The summed E-state index contributed by atoms with van der Waals surface area (Å²) in [5, 5.41) is 6.06. The van der Waals surface area contributed by atoms with E-state index in [1.165, 1.54) is 0 Å². The Balaban J connectivity index is 1.37. The zero-order valence-corrected chi connectivity index (χ0v) is 20.2. The molecular formula is C26H33N5O3. The lowest BCUT2D eigenvalue weighted by Crippen LogP contribution is -2.50. The summed E-state index contributed by atoms with van der Waals surface area (Å²) in [7, 11) is 0. The van der Waals surface area contributed by atoms with Gasteiger partial charge in [-0.3, -0.25) is 4.98 Å². The number of carbonyl (C=O) groups is 1. The van der Waals surface area contributed by atoms with Crippen LogP contribution in [0.15, 0.2) is 42.6 Å². The fraction of sp³-hybridized carbons (Fsp3) is 0.500. The molecule has 34 heavy (non-hydrogen) atoms. The van der Waals surface area contributed by atoms with Gasteiger partial charge in [0.1, 0.15) is 11.3 Å². The maximum absolute atomic E-state index is 12.4. The van der Waals surface area contributed by atoms with E-state index in [0.717, 1.165) is 66.9 Å². The van der Waals surface area contributed by atoms with Crippen LogP contribution in [0.25, 0.3) is 22.3 Å². The highest BCUT2D eigenvalue weighted by Crippen LogP contribution is 2.33. The zero-order valence-electron chi connectivity index (χ0n) is 20.2. The summed E-state index contributed by atoms with van der Waals surface area (Å²) in [6.07, 6.45) is 4.79. The van der Waals surface area contributed by atoms with Gasteiger partial charge in [0.25, 0.3) is 0 Å². The molecular weight excluding hydrogens is 430 g/mol. The average molecular weight is 464 g/mol. The number of fused-ring (bicyclic) bond motifs is 1. The van der Waals surface area contributed by atoms with E-state index in [2.05, 4.69) is 28.1 Å². The Hall–Kier alpha value is -3.13. The molecule has 2 aliphatic rings. The number of benzene rings is 1. The first-order valence-corrected chi connectivity index (χ1v) is 12.2. The van der Waals surface area contributed by atoms with Crippen molar-refractivity contribution in [2.75, 3.05) is 37.7 Å². The molecule has 3 aromatic rings. The van der Waals surface area contributed by atoms with Gasteiger partial charge in [-0.25, -0.2) is 9.48 Å². The van der Waals surface area contributed by atoms with E-state index in [1.54, 1.807) is 4.90 Å². The zero-order chi connectivity index (χ0) is 23.7. The van der Waals surface area contributed by atoms with Gasteiger partial charge >= 0.3 is 6.09 Å². The predicted octanol–water partition coefficient (Wildman–Crippen LogP) is 4.85. The van der Waals surface area contributed by atoms with Gasteiger partial charge in [-0.1, -0.05) is 18.2 Å². The number of aromatic nitrogens is 3. The summed E-state index contributed by atoms with van der Waals surface area (Å²) in [4.78, 5) is 21.1. The summed E-state index contributed by atoms with van der Waals surface area (Å²) in [6.45, 7) is 9.20. The van der Waals surface area contributed by atoms with Crippen LogP contribution in [-0.2, 0) is 9.47 Å². The van der Waals surface area contributed by atoms with Crippen molar-refractivity contribution in [1.82, 2.24) is 19.7 Å². The molecule has 1 aromatic carbocycles. The number of nitrogens with zero attached hydrogens (tertiary/aromatic N) is 5. The number of rotatable bonds is 3. The molecule has 0 spiro atoms. The van der Waals surface area contributed by atoms with Crippen LogP contribution in [-0.4, -0.2) is 64.1 Å². The van der Waals surface area contributed by atoms with Crippen LogP contribution in [0.4, 0.5) is 10.5 Å². The first-order valence-electron chi connectivity index (χ1n) is 12.2. The van der Waals surface area contributed by atoms with Crippen molar-refractivity contribution in [1.29, 1.82) is 0 Å². The standard InChI is InChI=1S/C26H33N5O3/c1-26(2,3)34-25(32)30-15-13-29(14-16-30)19-11-12-27-21(18-19)24-20-8-4-5-9-22(20)31(28-24)23-10-6-7-17-33-23/h4-5,8-9,11-12,18,23H,6-7,10,13-17H2,1-3H3. The number of para-hydroxylation sites is 1. The Morgan fingerprint density at radius 2 is 1.88 bits per heavy atom. The topological polar surface area (TPSA) is 72.7 Å². The molecule has 0 aliphatic carbocycles. The van der Waals surface area contributed by atoms with Gasteiger partial charge in [-0.2, -0.15) is 5.10 Å². The van der Waals surface area contributed by atoms with Crippen molar-refractivity contribution < 1.29 is 14.3 Å². The first kappa shape index (κ1) is 22.7. The minimum atomic E-state index is -0.483. The maximum Gasteiger partial charge on any atom is 0.410 e. The lowest BCUT2D eigenvalue weighted by atomic mass is 10.1. The van der Waals surface area contributed by atoms with Crippen LogP contribution >= 0.6 is 0 Å². The van der Waals surface area contributed by atoms with E-state index in [9.17, 15) is 4.79 Å². The number of hydrogen-bond donors (Lipinski definition) is 0. The second-order valence-corrected chi connectivity index (χ2v) is 9.99. The smallest absolute Gasteiger partial charge is 0.410 e. The molecule has 4 heterocycles. The highest BCUT2D eigenvalue weighted by atomic mass is 16.6. The molecule has 1 amide bonds. The summed E-state index contributed by atoms with van der Waals surface area (Å²) >= 11 is 0. The second kappa shape index (κ2) is 9.25. The lowest BCUT2D eigenvalue weighted by Gasteiger charge is -2.36. The van der Waals surface area contributed by atoms with Gasteiger partial charge in [0.05, 0.1) is 11.2 Å². The highest BCUT2D eigenvalue weighted by molar-refractivity contribution is 5.92. The van der Waals surface area contributed by atoms with E-state index >= 15 is 0 Å². The molecule has 2 saturated heterocycles. The fourth-order valence-electron chi connectivity index (χ4n) is 4.63. The van der Waals surface area contributed by atoms with Gasteiger partial charge < -0.3 is 19.3 Å². The van der Waals surface area contributed by atoms with Crippen LogP contribution in [0.2, 0.25) is 0 Å². The Kier molecular flexibility index (Phi) is 6.16. The fourth-order valence-corrected chi connectivity index (χ4v) is 4.63. The Morgan fingerprint density at radius 3 is 2.62 bits per heavy atom. The number of pyridine rings is 1. The van der Waals surface area contributed by atoms with E-state index < -0.39 is 5.60 Å². The van der Waals surface area contributed by atoms with Crippen LogP contribution in [0.3, 0.4) is 0 Å². The molecule has 8 heteroatoms. The molecule has 0 bridgehead atoms. The lowest BCUT2D eigenvalue weighted by molar-refractivity contribution is -0.0365. The predicted molar refractivity (Wildman–Crippen MR) is 132 cm³/mol. The van der Waals surface area contributed by atoms with E-state index in [4.69, 9.17) is 14.6 Å². The molecule has 180 valence electrons. The molecule has 2 fully saturated rings. The summed E-state index contributed by atoms with van der Waals surface area (Å²) < 4.78 is 13.6. The van der Waals surface area contributed by atoms with Gasteiger partial charge in [0.15, 0.2) is 6.23 Å². The average Bonchev–Trinajstić information content (AvgIpc) is 3.24. The first-order chi connectivity index (χ1) is 16.4. The van der Waals surface area contributed by atoms with Crippen LogP contribution in [0.5, 0.6) is 0 Å². The molecule has 0 N–H and O–H groups in total. The number of anilines is 1. The van der Waals surface area contributed by atoms with Crippen molar-refractivity contribution >= 4 is 22.7 Å². The molecule has 2 aliphatic heterocycles. The maximum atomic E-state index is 12.4. The number of hydrogen-bond acceptors (Lipinski definition) is 6. The van der Waals surface area contributed by atoms with E-state index in [0.29, 0.717) is 13.1 Å². The van der Waals surface area contributed by atoms with Gasteiger partial charge in [0, 0.05) is 50.1 Å². The van der Waals surface area contributed by atoms with Crippen LogP contribution in [0, 0.1) is 0 Å². The molecule has 1 atom stereocenters. The summed E-state index contributed by atoms with van der Waals surface area (Å²) in [5.74, 6) is 0. The summed E-state index contributed by atoms with van der Waals surface area (Å²) in [6, 6.07) is 12.4. The highest BCUT2D eigenvalue weighted by Gasteiger charge is 2.27. The Labute approximate surface area is 200 Å². The Morgan fingerprint density at radius 1 is 1.09 bits per heavy atom. The third-order valence-electron chi connectivity index (χ3n) is 6.32. The van der Waals surface area contributed by atoms with Crippen LogP contribution < -0.4 is 4.90 Å². The number of piperazine rings is 1. The number of ether oxygens (including phenoxy) is 2. The van der Waals surface area contributed by atoms with E-state index in [-0.39, 0.29) is 12.3 Å². The van der Waals surface area contributed by atoms with Gasteiger partial charge in [-0.05, 0) is 58.2 Å². The van der Waals surface area contributed by atoms with Gasteiger partial charge in [0.2, 0.25) is 0 Å². The minimum Gasteiger partial charge on any atom is -0.444 e.